The Morgan fingerprint density at radius 1 is 1.17 bits per heavy atom. The number of H-pyrrole nitrogens is 1. The Morgan fingerprint density at radius 2 is 2.00 bits per heavy atom. The number of imidazole rings is 1. The lowest BCUT2D eigenvalue weighted by molar-refractivity contribution is 0.288. The summed E-state index contributed by atoms with van der Waals surface area (Å²) in [5.41, 5.74) is 1.58. The molecule has 124 valence electrons. The van der Waals surface area contributed by atoms with E-state index in [1.807, 2.05) is 24.3 Å². The Hall–Kier alpha value is -2.83. The first-order chi connectivity index (χ1) is 11.8. The molecule has 3 heterocycles. The number of fused-ring (bicyclic) bond motifs is 1. The van der Waals surface area contributed by atoms with Gasteiger partial charge in [0.2, 0.25) is 0 Å². The molecule has 24 heavy (non-hydrogen) atoms. The number of methoxy groups -OCH3 is 1. The van der Waals surface area contributed by atoms with E-state index >= 15 is 0 Å². The number of benzene rings is 1. The third-order valence-corrected chi connectivity index (χ3v) is 4.35. The molecule has 1 unspecified atom stereocenters. The maximum Gasteiger partial charge on any atom is 0.162 e. The maximum atomic E-state index is 5.97. The van der Waals surface area contributed by atoms with Gasteiger partial charge in [-0.25, -0.2) is 15.0 Å². The average molecular weight is 325 g/mol. The Labute approximate surface area is 139 Å². The first-order valence-electron chi connectivity index (χ1n) is 8.03. The van der Waals surface area contributed by atoms with E-state index in [1.165, 1.54) is 0 Å². The predicted molar refractivity (Wildman–Crippen MR) is 90.5 cm³/mol. The second-order valence-electron chi connectivity index (χ2n) is 5.77. The van der Waals surface area contributed by atoms with Crippen LogP contribution in [0.15, 0.2) is 36.9 Å². The fourth-order valence-corrected chi connectivity index (χ4v) is 3.11. The molecule has 1 atom stereocenters. The number of rotatable bonds is 5. The molecule has 0 amide bonds. The molecule has 3 aromatic rings. The molecule has 7 heteroatoms. The minimum absolute atomic E-state index is 0.280. The van der Waals surface area contributed by atoms with Crippen molar-refractivity contribution in [1.29, 1.82) is 0 Å². The topological polar surface area (TPSA) is 76.2 Å². The Kier molecular flexibility index (Phi) is 3.90. The van der Waals surface area contributed by atoms with Crippen molar-refractivity contribution in [3.8, 4) is 11.5 Å². The highest BCUT2D eigenvalue weighted by Crippen LogP contribution is 2.28. The van der Waals surface area contributed by atoms with Crippen LogP contribution in [0.25, 0.3) is 11.2 Å². The minimum atomic E-state index is 0.280. The van der Waals surface area contributed by atoms with E-state index in [4.69, 9.17) is 9.47 Å². The molecule has 1 aromatic carbocycles. The van der Waals surface area contributed by atoms with Gasteiger partial charge in [0.05, 0.1) is 19.5 Å². The second-order valence-corrected chi connectivity index (χ2v) is 5.77. The molecule has 1 aliphatic heterocycles. The smallest absolute Gasteiger partial charge is 0.162 e. The zero-order valence-corrected chi connectivity index (χ0v) is 13.5. The zero-order valence-electron chi connectivity index (χ0n) is 13.5. The van der Waals surface area contributed by atoms with Crippen molar-refractivity contribution < 1.29 is 9.47 Å². The van der Waals surface area contributed by atoms with Crippen LogP contribution >= 0.6 is 0 Å². The number of nitrogens with one attached hydrogen (secondary N) is 1. The summed E-state index contributed by atoms with van der Waals surface area (Å²) in [6.07, 6.45) is 5.43. The van der Waals surface area contributed by atoms with Crippen LogP contribution < -0.4 is 14.4 Å². The quantitative estimate of drug-likeness (QED) is 0.776. The third kappa shape index (κ3) is 2.73. The Bertz CT molecular complexity index is 817. The fourth-order valence-electron chi connectivity index (χ4n) is 3.11. The van der Waals surface area contributed by atoms with Gasteiger partial charge in [0, 0.05) is 6.54 Å². The highest BCUT2D eigenvalue weighted by Gasteiger charge is 2.28. The first-order valence-corrected chi connectivity index (χ1v) is 8.03. The predicted octanol–water partition coefficient (Wildman–Crippen LogP) is 2.41. The van der Waals surface area contributed by atoms with E-state index in [0.717, 1.165) is 47.9 Å². The van der Waals surface area contributed by atoms with Gasteiger partial charge in [0.1, 0.15) is 29.9 Å². The van der Waals surface area contributed by atoms with Crippen molar-refractivity contribution in [2.45, 2.75) is 18.9 Å². The molecule has 0 aliphatic carbocycles. The number of hydrogen-bond acceptors (Lipinski definition) is 6. The molecule has 7 nitrogen and oxygen atoms in total. The molecule has 0 spiro atoms. The molecule has 2 aromatic heterocycles. The molecule has 0 radical (unpaired) electrons. The largest absolute Gasteiger partial charge is 0.497 e. The van der Waals surface area contributed by atoms with Crippen LogP contribution in [0, 0.1) is 0 Å². The number of anilines is 1. The van der Waals surface area contributed by atoms with Gasteiger partial charge in [-0.15, -0.1) is 0 Å². The number of aromatic amines is 1. The maximum absolute atomic E-state index is 5.97. The SMILES string of the molecule is COc1ccc(OCC2CCCN2c2ncnc3[nH]cnc23)cc1. The summed E-state index contributed by atoms with van der Waals surface area (Å²) in [7, 11) is 1.66. The van der Waals surface area contributed by atoms with Gasteiger partial charge in [0.25, 0.3) is 0 Å². The highest BCUT2D eigenvalue weighted by molar-refractivity contribution is 5.83. The first kappa shape index (κ1) is 14.7. The molecule has 1 aliphatic rings. The highest BCUT2D eigenvalue weighted by atomic mass is 16.5. The van der Waals surface area contributed by atoms with Crippen molar-refractivity contribution in [2.24, 2.45) is 0 Å². The van der Waals surface area contributed by atoms with E-state index in [9.17, 15) is 0 Å². The van der Waals surface area contributed by atoms with Gasteiger partial charge in [-0.3, -0.25) is 0 Å². The number of aromatic nitrogens is 4. The summed E-state index contributed by atoms with van der Waals surface area (Å²) >= 11 is 0. The molecule has 0 saturated carbocycles. The van der Waals surface area contributed by atoms with Crippen LogP contribution in [0.1, 0.15) is 12.8 Å². The van der Waals surface area contributed by atoms with Gasteiger partial charge in [-0.2, -0.15) is 0 Å². The van der Waals surface area contributed by atoms with Gasteiger partial charge in [-0.05, 0) is 37.1 Å². The van der Waals surface area contributed by atoms with Crippen molar-refractivity contribution in [2.75, 3.05) is 25.2 Å². The minimum Gasteiger partial charge on any atom is -0.497 e. The third-order valence-electron chi connectivity index (χ3n) is 4.35. The van der Waals surface area contributed by atoms with Crippen LogP contribution in [0.2, 0.25) is 0 Å². The lowest BCUT2D eigenvalue weighted by atomic mass is 10.2. The average Bonchev–Trinajstić information content (AvgIpc) is 3.29. The number of ether oxygens (including phenoxy) is 2. The van der Waals surface area contributed by atoms with Crippen LogP contribution in [-0.4, -0.2) is 46.2 Å². The van der Waals surface area contributed by atoms with Gasteiger partial charge < -0.3 is 19.4 Å². The van der Waals surface area contributed by atoms with Gasteiger partial charge >= 0.3 is 0 Å². The molecule has 0 bridgehead atoms. The summed E-state index contributed by atoms with van der Waals surface area (Å²) in [5.74, 6) is 2.55. The standard InChI is InChI=1S/C17H19N5O2/c1-23-13-4-6-14(7-5-13)24-9-12-3-2-8-22(12)17-15-16(19-10-18-15)20-11-21-17/h4-7,10-12H,2-3,8-9H2,1H3,(H,18,19,20,21). The Balaban J connectivity index is 1.49. The summed E-state index contributed by atoms with van der Waals surface area (Å²) in [5, 5.41) is 0. The van der Waals surface area contributed by atoms with E-state index < -0.39 is 0 Å². The molecule has 4 rings (SSSR count). The fraction of sp³-hybridized carbons (Fsp3) is 0.353. The number of nitrogens with zero attached hydrogens (tertiary/aromatic N) is 4. The molecular formula is C17H19N5O2. The van der Waals surface area contributed by atoms with E-state index in [0.29, 0.717) is 6.61 Å². The van der Waals surface area contributed by atoms with Crippen LogP contribution in [-0.2, 0) is 0 Å². The van der Waals surface area contributed by atoms with Gasteiger partial charge in [0.15, 0.2) is 11.5 Å². The number of hydrogen-bond donors (Lipinski definition) is 1. The van der Waals surface area contributed by atoms with Gasteiger partial charge in [-0.1, -0.05) is 0 Å². The van der Waals surface area contributed by atoms with Crippen LogP contribution in [0.5, 0.6) is 11.5 Å². The van der Waals surface area contributed by atoms with E-state index in [2.05, 4.69) is 24.8 Å². The summed E-state index contributed by atoms with van der Waals surface area (Å²) < 4.78 is 11.1. The van der Waals surface area contributed by atoms with Crippen LogP contribution in [0.3, 0.4) is 0 Å². The zero-order chi connectivity index (χ0) is 16.4. The lowest BCUT2D eigenvalue weighted by Gasteiger charge is -2.25. The van der Waals surface area contributed by atoms with Crippen molar-refractivity contribution >= 4 is 17.0 Å². The normalized spacial score (nSPS) is 17.4. The van der Waals surface area contributed by atoms with Crippen molar-refractivity contribution in [3.05, 3.63) is 36.9 Å². The molecule has 1 saturated heterocycles. The molecule has 1 N–H and O–H groups in total. The van der Waals surface area contributed by atoms with Crippen molar-refractivity contribution in [1.82, 2.24) is 19.9 Å². The molecular weight excluding hydrogens is 306 g/mol. The summed E-state index contributed by atoms with van der Waals surface area (Å²) in [6.45, 7) is 1.57. The summed E-state index contributed by atoms with van der Waals surface area (Å²) in [4.78, 5) is 18.3. The molecule has 1 fully saturated rings. The summed E-state index contributed by atoms with van der Waals surface area (Å²) in [6, 6.07) is 7.93. The van der Waals surface area contributed by atoms with E-state index in [1.54, 1.807) is 19.8 Å². The van der Waals surface area contributed by atoms with Crippen molar-refractivity contribution in [3.63, 3.8) is 0 Å². The van der Waals surface area contributed by atoms with E-state index in [-0.39, 0.29) is 6.04 Å². The Morgan fingerprint density at radius 3 is 2.83 bits per heavy atom. The lowest BCUT2D eigenvalue weighted by Crippen LogP contribution is -2.35. The van der Waals surface area contributed by atoms with Crippen LogP contribution in [0.4, 0.5) is 5.82 Å². The monoisotopic (exact) mass is 325 g/mol. The second kappa shape index (κ2) is 6.35.